The average Bonchev–Trinajstić information content (AvgIpc) is 2.63. The first-order chi connectivity index (χ1) is 12.7. The van der Waals surface area contributed by atoms with E-state index in [1.54, 1.807) is 13.0 Å². The number of aliphatic hydroxyl groups is 3. The van der Waals surface area contributed by atoms with Gasteiger partial charge in [0.05, 0.1) is 0 Å². The van der Waals surface area contributed by atoms with E-state index in [9.17, 15) is 24.9 Å². The van der Waals surface area contributed by atoms with E-state index < -0.39 is 42.8 Å². The molecule has 10 heteroatoms. The number of carboxylic acids is 1. The monoisotopic (exact) mass is 388 g/mol. The molecule has 0 spiro atoms. The number of ether oxygens (including phenoxy) is 3. The molecule has 2 rings (SSSR count). The summed E-state index contributed by atoms with van der Waals surface area (Å²) < 4.78 is 14.9. The minimum absolute atomic E-state index is 0.162. The highest BCUT2D eigenvalue weighted by atomic mass is 16.7. The molecule has 0 saturated carbocycles. The lowest BCUT2D eigenvalue weighted by atomic mass is 9.99. The zero-order valence-corrected chi connectivity index (χ0v) is 15.1. The van der Waals surface area contributed by atoms with Crippen molar-refractivity contribution in [2.75, 3.05) is 0 Å². The summed E-state index contributed by atoms with van der Waals surface area (Å²) in [6, 6.07) is 4.55. The third kappa shape index (κ3) is 5.79. The van der Waals surface area contributed by atoms with Crippen molar-refractivity contribution < 1.29 is 49.3 Å². The van der Waals surface area contributed by atoms with Gasteiger partial charge in [-0.05, 0) is 30.2 Å². The number of rotatable bonds is 5. The maximum Gasteiger partial charge on any atom is 0.506 e. The van der Waals surface area contributed by atoms with Gasteiger partial charge in [-0.3, -0.25) is 0 Å². The fourth-order valence-corrected chi connectivity index (χ4v) is 2.35. The van der Waals surface area contributed by atoms with Crippen molar-refractivity contribution in [3.05, 3.63) is 29.3 Å². The van der Waals surface area contributed by atoms with Crippen LogP contribution in [-0.2, 0) is 20.9 Å². The molecule has 1 saturated heterocycles. The summed E-state index contributed by atoms with van der Waals surface area (Å²) in [5.41, 5.74) is 1.09. The molecule has 5 N–H and O–H groups in total. The number of hydrogen-bond acceptors (Lipinski definition) is 8. The average molecular weight is 388 g/mol. The van der Waals surface area contributed by atoms with E-state index in [-0.39, 0.29) is 12.4 Å². The van der Waals surface area contributed by atoms with E-state index in [4.69, 9.17) is 19.7 Å². The maximum absolute atomic E-state index is 11.1. The summed E-state index contributed by atoms with van der Waals surface area (Å²) in [5.74, 6) is -1.29. The van der Waals surface area contributed by atoms with E-state index in [1.165, 1.54) is 12.1 Å². The second-order valence-electron chi connectivity index (χ2n) is 5.51. The molecule has 1 fully saturated rings. The van der Waals surface area contributed by atoms with Gasteiger partial charge < -0.3 is 39.7 Å². The van der Waals surface area contributed by atoms with E-state index in [1.807, 2.05) is 13.8 Å². The molecule has 5 atom stereocenters. The van der Waals surface area contributed by atoms with Crippen molar-refractivity contribution in [2.24, 2.45) is 0 Å². The number of aliphatic hydroxyl groups excluding tert-OH is 3. The Morgan fingerprint density at radius 1 is 1.07 bits per heavy atom. The molecule has 0 bridgehead atoms. The van der Waals surface area contributed by atoms with Crippen molar-refractivity contribution in [1.29, 1.82) is 0 Å². The Bertz CT molecular complexity index is 647. The molecule has 1 aromatic carbocycles. The van der Waals surface area contributed by atoms with Crippen molar-refractivity contribution in [2.45, 2.75) is 58.1 Å². The smallest absolute Gasteiger partial charge is 0.479 e. The first kappa shape index (κ1) is 22.6. The summed E-state index contributed by atoms with van der Waals surface area (Å²) in [5, 5.41) is 46.8. The molecule has 10 nitrogen and oxygen atoms in total. The molecule has 1 heterocycles. The Hall–Kier alpha value is -2.40. The molecule has 1 aromatic rings. The number of carboxylic acid groups (broad SMARTS) is 2. The first-order valence-corrected chi connectivity index (χ1v) is 8.25. The van der Waals surface area contributed by atoms with Crippen LogP contribution < -0.4 is 4.74 Å². The van der Waals surface area contributed by atoms with Crippen LogP contribution in [0.5, 0.6) is 5.75 Å². The Labute approximate surface area is 155 Å². The summed E-state index contributed by atoms with van der Waals surface area (Å²) in [6.07, 6.45) is -9.91. The Morgan fingerprint density at radius 3 is 2.22 bits per heavy atom. The molecule has 152 valence electrons. The van der Waals surface area contributed by atoms with Crippen molar-refractivity contribution in [3.8, 4) is 5.75 Å². The summed E-state index contributed by atoms with van der Waals surface area (Å²) in [7, 11) is 0. The van der Waals surface area contributed by atoms with Gasteiger partial charge in [-0.15, -0.1) is 0 Å². The molecule has 1 aliphatic heterocycles. The van der Waals surface area contributed by atoms with Crippen LogP contribution in [0.1, 0.15) is 25.0 Å². The highest BCUT2D eigenvalue weighted by Crippen LogP contribution is 2.27. The number of aryl methyl sites for hydroxylation is 1. The van der Waals surface area contributed by atoms with Crippen LogP contribution in [0.25, 0.3) is 0 Å². The van der Waals surface area contributed by atoms with E-state index >= 15 is 0 Å². The lowest BCUT2D eigenvalue weighted by Gasteiger charge is -2.38. The van der Waals surface area contributed by atoms with Gasteiger partial charge in [0.25, 0.3) is 0 Å². The largest absolute Gasteiger partial charge is 0.506 e. The third-order valence-electron chi connectivity index (χ3n) is 3.66. The van der Waals surface area contributed by atoms with Crippen molar-refractivity contribution in [1.82, 2.24) is 0 Å². The molecule has 0 aromatic heterocycles. The fraction of sp³-hybridized carbons (Fsp3) is 0.529. The second-order valence-corrected chi connectivity index (χ2v) is 5.51. The predicted molar refractivity (Wildman–Crippen MR) is 90.3 cm³/mol. The molecule has 27 heavy (non-hydrogen) atoms. The Kier molecular flexibility index (Phi) is 8.44. The van der Waals surface area contributed by atoms with E-state index in [0.29, 0.717) is 11.1 Å². The third-order valence-corrected chi connectivity index (χ3v) is 3.66. The van der Waals surface area contributed by atoms with Gasteiger partial charge in [-0.2, -0.15) is 0 Å². The zero-order valence-electron chi connectivity index (χ0n) is 15.1. The van der Waals surface area contributed by atoms with Gasteiger partial charge in [-0.1, -0.05) is 19.9 Å². The second kappa shape index (κ2) is 10.1. The maximum atomic E-state index is 11.1. The number of carbonyl (C=O) groups is 2. The van der Waals surface area contributed by atoms with Crippen LogP contribution >= 0.6 is 0 Å². The molecular weight excluding hydrogens is 364 g/mol. The molecule has 1 aliphatic rings. The number of aliphatic carboxylic acids is 1. The quantitative estimate of drug-likeness (QED) is 0.448. The zero-order chi connectivity index (χ0) is 20.7. The van der Waals surface area contributed by atoms with Crippen LogP contribution in [0.15, 0.2) is 18.2 Å². The fourth-order valence-electron chi connectivity index (χ4n) is 2.35. The van der Waals surface area contributed by atoms with E-state index in [0.717, 1.165) is 0 Å². The topological polar surface area (TPSA) is 163 Å². The van der Waals surface area contributed by atoms with E-state index in [2.05, 4.69) is 4.74 Å². The molecular formula is C17H24O10. The standard InChI is InChI=1S/C15H18O10.C2H6/c1-6-4-7(5-23-15(21)22)2-3-8(6)24-14-11(18)9(16)10(17)12(25-14)13(19)20;1-2/h2-4,9-12,14,16-18H,5H2,1H3,(H,19,20)(H,21,22);1-2H3. The van der Waals surface area contributed by atoms with Crippen LogP contribution in [0.3, 0.4) is 0 Å². The first-order valence-electron chi connectivity index (χ1n) is 8.25. The summed E-state index contributed by atoms with van der Waals surface area (Å²) >= 11 is 0. The van der Waals surface area contributed by atoms with Crippen LogP contribution in [0.2, 0.25) is 0 Å². The predicted octanol–water partition coefficient (Wildman–Crippen LogP) is 0.487. The van der Waals surface area contributed by atoms with Crippen LogP contribution in [-0.4, -0.2) is 68.4 Å². The Balaban J connectivity index is 0.00000176. The SMILES string of the molecule is CC.Cc1cc(COC(=O)O)ccc1OC1OC(C(=O)O)C(O)C(O)C1O. The summed E-state index contributed by atoms with van der Waals surface area (Å²) in [4.78, 5) is 21.4. The molecule has 5 unspecified atom stereocenters. The number of hydrogen-bond donors (Lipinski definition) is 5. The Morgan fingerprint density at radius 2 is 1.70 bits per heavy atom. The lowest BCUT2D eigenvalue weighted by Crippen LogP contribution is -2.61. The summed E-state index contributed by atoms with van der Waals surface area (Å²) in [6.45, 7) is 5.47. The molecule has 0 radical (unpaired) electrons. The highest BCUT2D eigenvalue weighted by Gasteiger charge is 2.48. The van der Waals surface area contributed by atoms with Gasteiger partial charge in [0.1, 0.15) is 30.7 Å². The van der Waals surface area contributed by atoms with Crippen molar-refractivity contribution >= 4 is 12.1 Å². The van der Waals surface area contributed by atoms with Crippen LogP contribution in [0, 0.1) is 6.92 Å². The molecule has 0 aliphatic carbocycles. The van der Waals surface area contributed by atoms with Gasteiger partial charge >= 0.3 is 12.1 Å². The van der Waals surface area contributed by atoms with Gasteiger partial charge in [0.2, 0.25) is 6.29 Å². The normalized spacial score (nSPS) is 27.1. The van der Waals surface area contributed by atoms with Gasteiger partial charge in [-0.25, -0.2) is 9.59 Å². The van der Waals surface area contributed by atoms with Crippen molar-refractivity contribution in [3.63, 3.8) is 0 Å². The van der Waals surface area contributed by atoms with Crippen LogP contribution in [0.4, 0.5) is 4.79 Å². The minimum atomic E-state index is -1.80. The highest BCUT2D eigenvalue weighted by molar-refractivity contribution is 5.73. The van der Waals surface area contributed by atoms with Gasteiger partial charge in [0.15, 0.2) is 6.10 Å². The minimum Gasteiger partial charge on any atom is -0.479 e. The lowest BCUT2D eigenvalue weighted by molar-refractivity contribution is -0.271. The number of benzene rings is 1. The van der Waals surface area contributed by atoms with Gasteiger partial charge in [0, 0.05) is 0 Å². The molecule has 0 amide bonds.